The predicted molar refractivity (Wildman–Crippen MR) is 134 cm³/mol. The van der Waals surface area contributed by atoms with Crippen LogP contribution in [0.4, 0.5) is 17.1 Å². The molecule has 1 heterocycles. The standard InChI is InChI=1S/C22H28N4O7S2/c1-24(34(2,29)30)20-6-4-5-18(15-20)23-21(27)16-26(35(3,31)32)19-9-7-17(8-10-19)22(28)25-11-13-33-14-12-25/h4-10,15H,11-14,16H2,1-3H3,(H,23,27). The molecule has 0 aromatic heterocycles. The Labute approximate surface area is 205 Å². The number of hydrogen-bond donors (Lipinski definition) is 1. The minimum absolute atomic E-state index is 0.178. The Balaban J connectivity index is 1.74. The fourth-order valence-corrected chi connectivity index (χ4v) is 4.77. The third-order valence-electron chi connectivity index (χ3n) is 5.38. The number of carbonyl (C=O) groups excluding carboxylic acids is 2. The number of ether oxygens (including phenoxy) is 1. The van der Waals surface area contributed by atoms with Gasteiger partial charge in [-0.2, -0.15) is 0 Å². The first kappa shape index (κ1) is 26.4. The lowest BCUT2D eigenvalue weighted by Crippen LogP contribution is -2.40. The van der Waals surface area contributed by atoms with E-state index in [1.165, 1.54) is 37.4 Å². The molecule has 0 atom stereocenters. The molecule has 0 aliphatic carbocycles. The van der Waals surface area contributed by atoms with Crippen molar-refractivity contribution in [3.8, 4) is 0 Å². The summed E-state index contributed by atoms with van der Waals surface area (Å²) in [6.07, 6.45) is 2.04. The smallest absolute Gasteiger partial charge is 0.254 e. The van der Waals surface area contributed by atoms with E-state index in [-0.39, 0.29) is 11.6 Å². The van der Waals surface area contributed by atoms with Gasteiger partial charge in [0.05, 0.1) is 37.1 Å². The van der Waals surface area contributed by atoms with Crippen LogP contribution in [0.2, 0.25) is 0 Å². The van der Waals surface area contributed by atoms with Crippen molar-refractivity contribution >= 4 is 48.9 Å². The van der Waals surface area contributed by atoms with Gasteiger partial charge in [-0.25, -0.2) is 16.8 Å². The van der Waals surface area contributed by atoms with Crippen LogP contribution in [0.3, 0.4) is 0 Å². The number of benzene rings is 2. The summed E-state index contributed by atoms with van der Waals surface area (Å²) in [5.74, 6) is -0.800. The van der Waals surface area contributed by atoms with Crippen LogP contribution in [0, 0.1) is 0 Å². The largest absolute Gasteiger partial charge is 0.378 e. The van der Waals surface area contributed by atoms with Gasteiger partial charge in [-0.1, -0.05) is 6.07 Å². The molecular weight excluding hydrogens is 496 g/mol. The number of carbonyl (C=O) groups is 2. The molecule has 2 aromatic carbocycles. The van der Waals surface area contributed by atoms with Crippen LogP contribution in [-0.4, -0.2) is 86.0 Å². The van der Waals surface area contributed by atoms with E-state index in [1.54, 1.807) is 23.1 Å². The third-order valence-corrected chi connectivity index (χ3v) is 7.73. The Bertz CT molecular complexity index is 1290. The molecule has 0 saturated carbocycles. The van der Waals surface area contributed by atoms with Gasteiger partial charge in [0.25, 0.3) is 5.91 Å². The third kappa shape index (κ3) is 6.93. The van der Waals surface area contributed by atoms with Gasteiger partial charge in [0, 0.05) is 31.4 Å². The van der Waals surface area contributed by atoms with E-state index in [4.69, 9.17) is 4.74 Å². The SMILES string of the molecule is CN(c1cccc(NC(=O)CN(c2ccc(C(=O)N3CCOCC3)cc2)S(C)(=O)=O)c1)S(C)(=O)=O. The minimum Gasteiger partial charge on any atom is -0.378 e. The quantitative estimate of drug-likeness (QED) is 0.544. The fraction of sp³-hybridized carbons (Fsp3) is 0.364. The topological polar surface area (TPSA) is 133 Å². The molecule has 13 heteroatoms. The molecule has 0 radical (unpaired) electrons. The maximum atomic E-state index is 12.7. The average molecular weight is 525 g/mol. The van der Waals surface area contributed by atoms with Crippen molar-refractivity contribution in [3.05, 3.63) is 54.1 Å². The zero-order chi connectivity index (χ0) is 25.8. The lowest BCUT2D eigenvalue weighted by Gasteiger charge is -2.27. The van der Waals surface area contributed by atoms with Crippen LogP contribution in [0.5, 0.6) is 0 Å². The van der Waals surface area contributed by atoms with Gasteiger partial charge in [-0.05, 0) is 42.5 Å². The first-order chi connectivity index (χ1) is 16.4. The molecule has 2 amide bonds. The normalized spacial score (nSPS) is 14.3. The van der Waals surface area contributed by atoms with Crippen molar-refractivity contribution in [2.24, 2.45) is 0 Å². The van der Waals surface area contributed by atoms with Crippen LogP contribution >= 0.6 is 0 Å². The number of morpholine rings is 1. The first-order valence-electron chi connectivity index (χ1n) is 10.6. The highest BCUT2D eigenvalue weighted by molar-refractivity contribution is 7.92. The van der Waals surface area contributed by atoms with Gasteiger partial charge in [0.2, 0.25) is 26.0 Å². The molecule has 0 bridgehead atoms. The Morgan fingerprint density at radius 3 is 2.14 bits per heavy atom. The number of rotatable bonds is 8. The second kappa shape index (κ2) is 10.6. The summed E-state index contributed by atoms with van der Waals surface area (Å²) in [6, 6.07) is 12.2. The van der Waals surface area contributed by atoms with E-state index in [1.807, 2.05) is 0 Å². The van der Waals surface area contributed by atoms with Gasteiger partial charge in [0.15, 0.2) is 0 Å². The average Bonchev–Trinajstić information content (AvgIpc) is 2.81. The summed E-state index contributed by atoms with van der Waals surface area (Å²) >= 11 is 0. The Kier molecular flexibility index (Phi) is 8.03. The van der Waals surface area contributed by atoms with Crippen LogP contribution in [0.25, 0.3) is 0 Å². The maximum absolute atomic E-state index is 12.7. The molecular formula is C22H28N4O7S2. The van der Waals surface area contributed by atoms with E-state index in [9.17, 15) is 26.4 Å². The van der Waals surface area contributed by atoms with Crippen LogP contribution in [-0.2, 0) is 29.6 Å². The number of nitrogens with zero attached hydrogens (tertiary/aromatic N) is 3. The second-order valence-electron chi connectivity index (χ2n) is 8.05. The van der Waals surface area contributed by atoms with E-state index < -0.39 is 32.5 Å². The van der Waals surface area contributed by atoms with Gasteiger partial charge in [-0.3, -0.25) is 18.2 Å². The maximum Gasteiger partial charge on any atom is 0.254 e. The molecule has 2 aromatic rings. The number of anilines is 3. The molecule has 35 heavy (non-hydrogen) atoms. The van der Waals surface area contributed by atoms with E-state index in [2.05, 4.69) is 5.32 Å². The van der Waals surface area contributed by atoms with Crippen molar-refractivity contribution < 1.29 is 31.2 Å². The van der Waals surface area contributed by atoms with Gasteiger partial charge in [-0.15, -0.1) is 0 Å². The Morgan fingerprint density at radius 1 is 0.943 bits per heavy atom. The van der Waals surface area contributed by atoms with Crippen molar-refractivity contribution in [2.45, 2.75) is 0 Å². The Morgan fingerprint density at radius 2 is 1.57 bits per heavy atom. The molecule has 190 valence electrons. The lowest BCUT2D eigenvalue weighted by molar-refractivity contribution is -0.114. The molecule has 1 fully saturated rings. The number of hydrogen-bond acceptors (Lipinski definition) is 7. The number of nitrogens with one attached hydrogen (secondary N) is 1. The molecule has 11 nitrogen and oxygen atoms in total. The van der Waals surface area contributed by atoms with Crippen molar-refractivity contribution in [2.75, 3.05) is 66.3 Å². The number of sulfonamides is 2. The lowest BCUT2D eigenvalue weighted by atomic mass is 10.1. The van der Waals surface area contributed by atoms with Crippen molar-refractivity contribution in [3.63, 3.8) is 0 Å². The fourth-order valence-electron chi connectivity index (χ4n) is 3.42. The second-order valence-corrected chi connectivity index (χ2v) is 12.0. The highest BCUT2D eigenvalue weighted by atomic mass is 32.2. The van der Waals surface area contributed by atoms with Gasteiger partial charge >= 0.3 is 0 Å². The summed E-state index contributed by atoms with van der Waals surface area (Å²) in [4.78, 5) is 27.0. The monoisotopic (exact) mass is 524 g/mol. The molecule has 0 spiro atoms. The zero-order valence-electron chi connectivity index (χ0n) is 19.7. The summed E-state index contributed by atoms with van der Waals surface area (Å²) in [7, 11) is -5.94. The van der Waals surface area contributed by atoms with Crippen LogP contribution in [0.1, 0.15) is 10.4 Å². The molecule has 1 aliphatic heterocycles. The minimum atomic E-state index is -3.83. The number of amides is 2. The summed E-state index contributed by atoms with van der Waals surface area (Å²) in [6.45, 7) is 1.39. The van der Waals surface area contributed by atoms with E-state index in [0.717, 1.165) is 21.1 Å². The van der Waals surface area contributed by atoms with Crippen molar-refractivity contribution in [1.29, 1.82) is 0 Å². The molecule has 1 saturated heterocycles. The summed E-state index contributed by atoms with van der Waals surface area (Å²) in [5, 5.41) is 2.59. The van der Waals surface area contributed by atoms with Crippen LogP contribution < -0.4 is 13.9 Å². The molecule has 3 rings (SSSR count). The first-order valence-corrected chi connectivity index (χ1v) is 14.3. The van der Waals surface area contributed by atoms with Gasteiger partial charge < -0.3 is 15.0 Å². The van der Waals surface area contributed by atoms with Crippen molar-refractivity contribution in [1.82, 2.24) is 4.90 Å². The highest BCUT2D eigenvalue weighted by Gasteiger charge is 2.23. The predicted octanol–water partition coefficient (Wildman–Crippen LogP) is 0.960. The van der Waals surface area contributed by atoms with Crippen LogP contribution in [0.15, 0.2) is 48.5 Å². The molecule has 1 N–H and O–H groups in total. The highest BCUT2D eigenvalue weighted by Crippen LogP contribution is 2.22. The Hall–Kier alpha value is -3.16. The van der Waals surface area contributed by atoms with E-state index in [0.29, 0.717) is 43.2 Å². The summed E-state index contributed by atoms with van der Waals surface area (Å²) in [5.41, 5.74) is 1.28. The van der Waals surface area contributed by atoms with E-state index >= 15 is 0 Å². The van der Waals surface area contributed by atoms with Gasteiger partial charge in [0.1, 0.15) is 6.54 Å². The zero-order valence-corrected chi connectivity index (χ0v) is 21.3. The summed E-state index contributed by atoms with van der Waals surface area (Å²) < 4.78 is 55.6. The molecule has 1 aliphatic rings. The molecule has 0 unspecified atom stereocenters.